The Bertz CT molecular complexity index is 539. The average molecular weight is 258 g/mol. The van der Waals surface area contributed by atoms with E-state index in [-0.39, 0.29) is 0 Å². The third-order valence-electron chi connectivity index (χ3n) is 2.47. The average Bonchev–Trinajstić information content (AvgIpc) is 2.88. The molecule has 2 aromatic rings. The minimum atomic E-state index is 0.565. The van der Waals surface area contributed by atoms with E-state index in [9.17, 15) is 0 Å². The van der Waals surface area contributed by atoms with E-state index in [1.165, 1.54) is 6.42 Å². The highest BCUT2D eigenvalue weighted by atomic mass is 32.1. The molecule has 2 rings (SSSR count). The van der Waals surface area contributed by atoms with Gasteiger partial charge in [-0.2, -0.15) is 5.26 Å². The normalized spacial score (nSPS) is 10.0. The van der Waals surface area contributed by atoms with E-state index in [0.717, 1.165) is 29.5 Å². The molecule has 0 saturated carbocycles. The Morgan fingerprint density at radius 1 is 1.39 bits per heavy atom. The first-order valence-corrected chi connectivity index (χ1v) is 6.77. The fraction of sp³-hybridized carbons (Fsp3) is 0.308. The van der Waals surface area contributed by atoms with Crippen molar-refractivity contribution in [2.24, 2.45) is 0 Å². The number of pyridine rings is 1. The maximum atomic E-state index is 8.71. The molecular weight excluding hydrogens is 244 g/mol. The molecule has 2 heterocycles. The van der Waals surface area contributed by atoms with Gasteiger partial charge in [-0.3, -0.25) is 4.98 Å². The van der Waals surface area contributed by atoms with Crippen LogP contribution in [0, 0.1) is 11.3 Å². The number of anilines is 1. The molecule has 0 aliphatic rings. The molecule has 0 amide bonds. The molecular formula is C13H14N4S. The second-order valence-electron chi connectivity index (χ2n) is 3.86. The van der Waals surface area contributed by atoms with Crippen molar-refractivity contribution in [3.8, 4) is 17.5 Å². The van der Waals surface area contributed by atoms with Gasteiger partial charge in [0.25, 0.3) is 0 Å². The number of hydrogen-bond donors (Lipinski definition) is 1. The highest BCUT2D eigenvalue weighted by molar-refractivity contribution is 7.14. The molecule has 0 atom stereocenters. The summed E-state index contributed by atoms with van der Waals surface area (Å²) in [6, 6.07) is 5.63. The van der Waals surface area contributed by atoms with Crippen LogP contribution in [0.1, 0.15) is 25.3 Å². The summed E-state index contributed by atoms with van der Waals surface area (Å²) in [5, 5.41) is 14.9. The Hall–Kier alpha value is -1.93. The molecule has 0 radical (unpaired) electrons. The van der Waals surface area contributed by atoms with Crippen molar-refractivity contribution in [2.75, 3.05) is 11.9 Å². The van der Waals surface area contributed by atoms with Gasteiger partial charge in [-0.15, -0.1) is 11.3 Å². The Morgan fingerprint density at radius 2 is 2.28 bits per heavy atom. The fourth-order valence-electron chi connectivity index (χ4n) is 1.46. The quantitative estimate of drug-likeness (QED) is 0.836. The van der Waals surface area contributed by atoms with Crippen molar-refractivity contribution < 1.29 is 0 Å². The zero-order valence-corrected chi connectivity index (χ0v) is 11.0. The van der Waals surface area contributed by atoms with Crippen molar-refractivity contribution in [3.05, 3.63) is 29.3 Å². The molecule has 5 heteroatoms. The second-order valence-corrected chi connectivity index (χ2v) is 4.72. The van der Waals surface area contributed by atoms with Gasteiger partial charge >= 0.3 is 0 Å². The topological polar surface area (TPSA) is 61.6 Å². The number of unbranched alkanes of at least 4 members (excludes halogenated alkanes) is 1. The lowest BCUT2D eigenvalue weighted by atomic mass is 10.2. The maximum absolute atomic E-state index is 8.71. The second kappa shape index (κ2) is 6.12. The van der Waals surface area contributed by atoms with Gasteiger partial charge < -0.3 is 5.32 Å². The van der Waals surface area contributed by atoms with Crippen molar-refractivity contribution >= 4 is 16.5 Å². The smallest absolute Gasteiger partial charge is 0.183 e. The van der Waals surface area contributed by atoms with Crippen LogP contribution in [-0.2, 0) is 0 Å². The lowest BCUT2D eigenvalue weighted by Crippen LogP contribution is -2.00. The molecule has 0 saturated heterocycles. The van der Waals surface area contributed by atoms with Gasteiger partial charge in [0.15, 0.2) is 5.13 Å². The zero-order valence-electron chi connectivity index (χ0n) is 10.2. The van der Waals surface area contributed by atoms with Gasteiger partial charge in [0.2, 0.25) is 0 Å². The minimum Gasteiger partial charge on any atom is -0.362 e. The first kappa shape index (κ1) is 12.5. The monoisotopic (exact) mass is 258 g/mol. The third kappa shape index (κ3) is 3.05. The van der Waals surface area contributed by atoms with Gasteiger partial charge in [-0.05, 0) is 18.6 Å². The highest BCUT2D eigenvalue weighted by Gasteiger charge is 2.05. The first-order chi connectivity index (χ1) is 8.83. The van der Waals surface area contributed by atoms with Gasteiger partial charge in [0, 0.05) is 18.1 Å². The van der Waals surface area contributed by atoms with Crippen molar-refractivity contribution in [1.82, 2.24) is 9.97 Å². The van der Waals surface area contributed by atoms with Crippen LogP contribution >= 0.6 is 11.3 Å². The number of nitrogens with zero attached hydrogens (tertiary/aromatic N) is 3. The summed E-state index contributed by atoms with van der Waals surface area (Å²) < 4.78 is 0. The lowest BCUT2D eigenvalue weighted by molar-refractivity contribution is 0.833. The van der Waals surface area contributed by atoms with Crippen LogP contribution in [0.3, 0.4) is 0 Å². The van der Waals surface area contributed by atoms with Crippen molar-refractivity contribution in [3.63, 3.8) is 0 Å². The number of nitriles is 1. The summed E-state index contributed by atoms with van der Waals surface area (Å²) >= 11 is 1.58. The molecule has 2 aromatic heterocycles. The number of hydrogen-bond acceptors (Lipinski definition) is 5. The van der Waals surface area contributed by atoms with E-state index in [4.69, 9.17) is 5.26 Å². The molecule has 4 nitrogen and oxygen atoms in total. The standard InChI is InChI=1S/C13H14N4S/c1-2-3-6-15-13-17-12(9-18-13)11-5-4-10(7-14)8-16-11/h4-5,8-9H,2-3,6H2,1H3,(H,15,17). The number of thiazole rings is 1. The van der Waals surface area contributed by atoms with Crippen molar-refractivity contribution in [2.45, 2.75) is 19.8 Å². The molecule has 92 valence electrons. The van der Waals surface area contributed by atoms with E-state index >= 15 is 0 Å². The Kier molecular flexibility index (Phi) is 4.26. The predicted octanol–water partition coefficient (Wildman–Crippen LogP) is 3.29. The van der Waals surface area contributed by atoms with Gasteiger partial charge in [-0.1, -0.05) is 13.3 Å². The molecule has 0 aliphatic heterocycles. The number of aromatic nitrogens is 2. The molecule has 1 N–H and O–H groups in total. The van der Waals surface area contributed by atoms with E-state index < -0.39 is 0 Å². The molecule has 0 unspecified atom stereocenters. The van der Waals surface area contributed by atoms with Crippen LogP contribution < -0.4 is 5.32 Å². The van der Waals surface area contributed by atoms with Gasteiger partial charge in [0.05, 0.1) is 11.3 Å². The number of nitrogens with one attached hydrogen (secondary N) is 1. The zero-order chi connectivity index (χ0) is 12.8. The minimum absolute atomic E-state index is 0.565. The third-order valence-corrected chi connectivity index (χ3v) is 3.27. The Labute approximate surface area is 110 Å². The molecule has 0 aliphatic carbocycles. The van der Waals surface area contributed by atoms with Crippen LogP contribution in [0.4, 0.5) is 5.13 Å². The molecule has 0 spiro atoms. The summed E-state index contributed by atoms with van der Waals surface area (Å²) in [6.07, 6.45) is 3.88. The largest absolute Gasteiger partial charge is 0.362 e. The fourth-order valence-corrected chi connectivity index (χ4v) is 2.19. The summed E-state index contributed by atoms with van der Waals surface area (Å²) in [5.41, 5.74) is 2.22. The summed E-state index contributed by atoms with van der Waals surface area (Å²) in [5.74, 6) is 0. The predicted molar refractivity (Wildman–Crippen MR) is 73.5 cm³/mol. The van der Waals surface area contributed by atoms with E-state index in [1.54, 1.807) is 23.6 Å². The Balaban J connectivity index is 2.06. The summed E-state index contributed by atoms with van der Waals surface area (Å²) in [4.78, 5) is 8.69. The van der Waals surface area contributed by atoms with Crippen LogP contribution in [0.2, 0.25) is 0 Å². The van der Waals surface area contributed by atoms with Gasteiger partial charge in [0.1, 0.15) is 11.8 Å². The first-order valence-electron chi connectivity index (χ1n) is 5.89. The number of rotatable bonds is 5. The van der Waals surface area contributed by atoms with E-state index in [1.807, 2.05) is 11.4 Å². The Morgan fingerprint density at radius 3 is 2.94 bits per heavy atom. The molecule has 18 heavy (non-hydrogen) atoms. The van der Waals surface area contributed by atoms with Crippen LogP contribution in [0.25, 0.3) is 11.4 Å². The van der Waals surface area contributed by atoms with Gasteiger partial charge in [-0.25, -0.2) is 4.98 Å². The maximum Gasteiger partial charge on any atom is 0.183 e. The molecule has 0 fully saturated rings. The van der Waals surface area contributed by atoms with Crippen LogP contribution in [0.5, 0.6) is 0 Å². The molecule has 0 bridgehead atoms. The molecule has 0 aromatic carbocycles. The van der Waals surface area contributed by atoms with E-state index in [2.05, 4.69) is 28.3 Å². The SMILES string of the molecule is CCCCNc1nc(-c2ccc(C#N)cn2)cs1. The summed E-state index contributed by atoms with van der Waals surface area (Å²) in [7, 11) is 0. The van der Waals surface area contributed by atoms with E-state index in [0.29, 0.717) is 5.56 Å². The summed E-state index contributed by atoms with van der Waals surface area (Å²) in [6.45, 7) is 3.11. The van der Waals surface area contributed by atoms with Crippen LogP contribution in [-0.4, -0.2) is 16.5 Å². The lowest BCUT2D eigenvalue weighted by Gasteiger charge is -1.99. The highest BCUT2D eigenvalue weighted by Crippen LogP contribution is 2.23. The van der Waals surface area contributed by atoms with Crippen LogP contribution in [0.15, 0.2) is 23.7 Å². The van der Waals surface area contributed by atoms with Crippen molar-refractivity contribution in [1.29, 1.82) is 5.26 Å².